The summed E-state index contributed by atoms with van der Waals surface area (Å²) in [5.74, 6) is 0.294. The maximum atomic E-state index is 14.5. The highest BCUT2D eigenvalue weighted by Crippen LogP contribution is 2.30. The summed E-state index contributed by atoms with van der Waals surface area (Å²) in [5, 5.41) is 3.41. The smallest absolute Gasteiger partial charge is 0.178 e. The highest BCUT2D eigenvalue weighted by Gasteiger charge is 2.32. The van der Waals surface area contributed by atoms with Gasteiger partial charge in [-0.3, -0.25) is 4.90 Å². The number of nitrogens with zero attached hydrogens (tertiary/aromatic N) is 5. The van der Waals surface area contributed by atoms with Crippen LogP contribution in [0.2, 0.25) is 0 Å². The van der Waals surface area contributed by atoms with E-state index >= 15 is 0 Å². The minimum absolute atomic E-state index is 0.179. The molecule has 1 N–H and O–H groups in total. The summed E-state index contributed by atoms with van der Waals surface area (Å²) in [6.07, 6.45) is 6.98. The van der Waals surface area contributed by atoms with Crippen LogP contribution in [0.4, 0.5) is 4.39 Å². The molecule has 2 aromatic rings. The van der Waals surface area contributed by atoms with Crippen LogP contribution in [0.5, 0.6) is 5.75 Å². The minimum Gasteiger partial charge on any atom is -0.496 e. The predicted molar refractivity (Wildman–Crippen MR) is 105 cm³/mol. The second kappa shape index (κ2) is 8.04. The Morgan fingerprint density at radius 1 is 1.29 bits per heavy atom. The molecule has 0 amide bonds. The first-order valence-corrected chi connectivity index (χ1v) is 9.21. The van der Waals surface area contributed by atoms with E-state index in [1.165, 1.54) is 12.4 Å². The number of ether oxygens (including phenoxy) is 1. The molecule has 28 heavy (non-hydrogen) atoms. The zero-order valence-electron chi connectivity index (χ0n) is 15.9. The van der Waals surface area contributed by atoms with Crippen molar-refractivity contribution < 1.29 is 9.13 Å². The topological polar surface area (TPSA) is 65.9 Å². The molecule has 2 aliphatic heterocycles. The van der Waals surface area contributed by atoms with Gasteiger partial charge in [0.15, 0.2) is 6.29 Å². The standard InChI is InChI=1S/C20H23FN6O/c1-26-10-7-16(15-6-8-22-13-24-15)25-20(26)27-11-9-23-17(12-27)19-14(21)4-3-5-18(19)28-2/h3-8,10,13,17,20,23H,9,11-12H2,1-2H3. The number of hydrogen-bond donors (Lipinski definition) is 1. The van der Waals surface area contributed by atoms with Crippen LogP contribution in [-0.4, -0.2) is 65.6 Å². The molecule has 4 rings (SSSR count). The summed E-state index contributed by atoms with van der Waals surface area (Å²) in [6, 6.07) is 6.59. The fourth-order valence-electron chi connectivity index (χ4n) is 3.67. The SMILES string of the molecule is COc1cccc(F)c1C1CN(C2N=C(c3ccncn3)C=CN2C)CCN1. The van der Waals surface area contributed by atoms with Crippen molar-refractivity contribution in [3.05, 3.63) is 66.1 Å². The van der Waals surface area contributed by atoms with Gasteiger partial charge in [-0.2, -0.15) is 0 Å². The molecule has 2 aliphatic rings. The number of methoxy groups -OCH3 is 1. The molecule has 2 unspecified atom stereocenters. The molecule has 8 heteroatoms. The second-order valence-electron chi connectivity index (χ2n) is 6.79. The van der Waals surface area contributed by atoms with Crippen LogP contribution in [0.25, 0.3) is 0 Å². The molecule has 146 valence electrons. The zero-order valence-corrected chi connectivity index (χ0v) is 15.9. The van der Waals surface area contributed by atoms with Crippen LogP contribution in [0.3, 0.4) is 0 Å². The predicted octanol–water partition coefficient (Wildman–Crippen LogP) is 1.80. The number of hydrogen-bond acceptors (Lipinski definition) is 7. The van der Waals surface area contributed by atoms with E-state index in [-0.39, 0.29) is 18.1 Å². The average molecular weight is 382 g/mol. The third kappa shape index (κ3) is 3.61. The van der Waals surface area contributed by atoms with Crippen LogP contribution >= 0.6 is 0 Å². The Hall–Kier alpha value is -2.84. The number of benzene rings is 1. The fraction of sp³-hybridized carbons (Fsp3) is 0.350. The van der Waals surface area contributed by atoms with Gasteiger partial charge >= 0.3 is 0 Å². The first kappa shape index (κ1) is 18.5. The molecular formula is C20H23FN6O. The highest BCUT2D eigenvalue weighted by atomic mass is 19.1. The van der Waals surface area contributed by atoms with E-state index in [1.807, 2.05) is 30.3 Å². The lowest BCUT2D eigenvalue weighted by Gasteiger charge is -2.41. The Balaban J connectivity index is 1.59. The first-order chi connectivity index (χ1) is 13.7. The van der Waals surface area contributed by atoms with Crippen LogP contribution in [-0.2, 0) is 0 Å². The summed E-state index contributed by atoms with van der Waals surface area (Å²) >= 11 is 0. The Morgan fingerprint density at radius 3 is 2.96 bits per heavy atom. The molecule has 2 atom stereocenters. The molecule has 0 radical (unpaired) electrons. The van der Waals surface area contributed by atoms with E-state index in [0.717, 1.165) is 24.5 Å². The molecule has 1 saturated heterocycles. The Bertz CT molecular complexity index is 888. The Labute approximate surface area is 163 Å². The van der Waals surface area contributed by atoms with Crippen molar-refractivity contribution in [1.29, 1.82) is 0 Å². The lowest BCUT2D eigenvalue weighted by Crippen LogP contribution is -2.54. The van der Waals surface area contributed by atoms with Gasteiger partial charge in [0.25, 0.3) is 0 Å². The Kier molecular flexibility index (Phi) is 5.31. The van der Waals surface area contributed by atoms with Gasteiger partial charge < -0.3 is 15.0 Å². The quantitative estimate of drug-likeness (QED) is 0.870. The highest BCUT2D eigenvalue weighted by molar-refractivity contribution is 6.07. The molecule has 1 aromatic carbocycles. The lowest BCUT2D eigenvalue weighted by atomic mass is 10.0. The summed E-state index contributed by atoms with van der Waals surface area (Å²) in [6.45, 7) is 2.14. The number of allylic oxidation sites excluding steroid dienone is 1. The van der Waals surface area contributed by atoms with Crippen LogP contribution < -0.4 is 10.1 Å². The molecule has 1 fully saturated rings. The van der Waals surface area contributed by atoms with Crippen molar-refractivity contribution in [2.75, 3.05) is 33.8 Å². The third-order valence-electron chi connectivity index (χ3n) is 5.05. The maximum absolute atomic E-state index is 14.5. The third-order valence-corrected chi connectivity index (χ3v) is 5.05. The number of rotatable bonds is 4. The van der Waals surface area contributed by atoms with Gasteiger partial charge in [-0.1, -0.05) is 6.07 Å². The molecule has 3 heterocycles. The number of nitrogens with one attached hydrogen (secondary N) is 1. The average Bonchev–Trinajstić information content (AvgIpc) is 2.74. The fourth-order valence-corrected chi connectivity index (χ4v) is 3.67. The van der Waals surface area contributed by atoms with E-state index in [4.69, 9.17) is 9.73 Å². The van der Waals surface area contributed by atoms with Gasteiger partial charge in [-0.25, -0.2) is 19.4 Å². The normalized spacial score (nSPS) is 22.8. The molecule has 0 saturated carbocycles. The zero-order chi connectivity index (χ0) is 19.5. The van der Waals surface area contributed by atoms with Gasteiger partial charge in [0.05, 0.1) is 24.6 Å². The molecule has 0 aliphatic carbocycles. The maximum Gasteiger partial charge on any atom is 0.178 e. The van der Waals surface area contributed by atoms with Crippen LogP contribution in [0.1, 0.15) is 17.3 Å². The minimum atomic E-state index is -0.263. The second-order valence-corrected chi connectivity index (χ2v) is 6.79. The van der Waals surface area contributed by atoms with Gasteiger partial charge in [-0.05, 0) is 24.3 Å². The number of piperazine rings is 1. The summed E-state index contributed by atoms with van der Waals surface area (Å²) < 4.78 is 19.9. The van der Waals surface area contributed by atoms with E-state index in [1.54, 1.807) is 25.4 Å². The monoisotopic (exact) mass is 382 g/mol. The van der Waals surface area contributed by atoms with Gasteiger partial charge in [0, 0.05) is 44.6 Å². The summed E-state index contributed by atoms with van der Waals surface area (Å²) in [5.41, 5.74) is 2.15. The van der Waals surface area contributed by atoms with Crippen molar-refractivity contribution >= 4 is 5.71 Å². The van der Waals surface area contributed by atoms with Crippen molar-refractivity contribution in [2.24, 2.45) is 4.99 Å². The lowest BCUT2D eigenvalue weighted by molar-refractivity contribution is 0.0672. The summed E-state index contributed by atoms with van der Waals surface area (Å²) in [4.78, 5) is 17.4. The number of halogens is 1. The molecule has 7 nitrogen and oxygen atoms in total. The Morgan fingerprint density at radius 2 is 2.18 bits per heavy atom. The first-order valence-electron chi connectivity index (χ1n) is 9.21. The van der Waals surface area contributed by atoms with Gasteiger partial charge in [0.1, 0.15) is 17.9 Å². The van der Waals surface area contributed by atoms with Crippen molar-refractivity contribution in [1.82, 2.24) is 25.1 Å². The van der Waals surface area contributed by atoms with Crippen LogP contribution in [0, 0.1) is 5.82 Å². The van der Waals surface area contributed by atoms with Crippen LogP contribution in [0.15, 0.2) is 54.1 Å². The van der Waals surface area contributed by atoms with Crippen molar-refractivity contribution in [3.8, 4) is 5.75 Å². The van der Waals surface area contributed by atoms with E-state index < -0.39 is 0 Å². The van der Waals surface area contributed by atoms with Gasteiger partial charge in [-0.15, -0.1) is 0 Å². The summed E-state index contributed by atoms with van der Waals surface area (Å²) in [7, 11) is 3.55. The number of aliphatic imine (C=N–C) groups is 1. The molecule has 0 bridgehead atoms. The molecule has 0 spiro atoms. The van der Waals surface area contributed by atoms with E-state index in [9.17, 15) is 4.39 Å². The molecule has 1 aromatic heterocycles. The van der Waals surface area contributed by atoms with Crippen molar-refractivity contribution in [3.63, 3.8) is 0 Å². The number of aromatic nitrogens is 2. The largest absolute Gasteiger partial charge is 0.496 e. The van der Waals surface area contributed by atoms with Crippen molar-refractivity contribution in [2.45, 2.75) is 12.3 Å². The van der Waals surface area contributed by atoms with E-state index in [0.29, 0.717) is 17.9 Å². The molecular weight excluding hydrogens is 359 g/mol. The van der Waals surface area contributed by atoms with E-state index in [2.05, 4.69) is 20.2 Å². The van der Waals surface area contributed by atoms with Gasteiger partial charge in [0.2, 0.25) is 0 Å².